The average molecular weight is 351 g/mol. The monoisotopic (exact) mass is 350 g/mol. The van der Waals surface area contributed by atoms with Gasteiger partial charge in [-0.25, -0.2) is 0 Å². The summed E-state index contributed by atoms with van der Waals surface area (Å²) < 4.78 is 13.3. The van der Waals surface area contributed by atoms with E-state index in [4.69, 9.17) is 40.2 Å². The lowest BCUT2D eigenvalue weighted by molar-refractivity contribution is 0.196. The predicted octanol–water partition coefficient (Wildman–Crippen LogP) is 4.04. The molecule has 0 bridgehead atoms. The maximum absolute atomic E-state index is 6.18. The molecular formula is C11H12Cl2N4OS2. The van der Waals surface area contributed by atoms with Gasteiger partial charge in [-0.2, -0.15) is 8.73 Å². The van der Waals surface area contributed by atoms with Crippen LogP contribution in [0.1, 0.15) is 6.42 Å². The summed E-state index contributed by atoms with van der Waals surface area (Å²) in [5, 5.41) is 7.51. The molecule has 1 aliphatic rings. The number of fused-ring (bicyclic) bond motifs is 1. The first-order valence-electron chi connectivity index (χ1n) is 5.77. The van der Waals surface area contributed by atoms with Crippen LogP contribution in [0.2, 0.25) is 10.0 Å². The number of thiocarbonyl (C=S) groups is 1. The van der Waals surface area contributed by atoms with Crippen LogP contribution in [0, 0.1) is 0 Å². The summed E-state index contributed by atoms with van der Waals surface area (Å²) in [6.07, 6.45) is 0.861. The number of rotatable bonds is 5. The van der Waals surface area contributed by atoms with E-state index in [2.05, 4.69) is 19.4 Å². The fourth-order valence-corrected chi connectivity index (χ4v) is 2.93. The van der Waals surface area contributed by atoms with Crippen LogP contribution in [-0.2, 0) is 16.1 Å². The highest BCUT2D eigenvalue weighted by molar-refractivity contribution is 7.80. The summed E-state index contributed by atoms with van der Waals surface area (Å²) in [5.41, 5.74) is 1.85. The fraction of sp³-hybridized carbons (Fsp3) is 0.364. The molecule has 0 radical (unpaired) electrons. The van der Waals surface area contributed by atoms with Gasteiger partial charge >= 0.3 is 0 Å². The lowest BCUT2D eigenvalue weighted by Gasteiger charge is -2.14. The molecule has 9 heteroatoms. The molecule has 0 spiro atoms. The smallest absolute Gasteiger partial charge is 0.170 e. The Balaban J connectivity index is 2.05. The molecule has 108 valence electrons. The van der Waals surface area contributed by atoms with Crippen molar-refractivity contribution in [2.75, 3.05) is 25.6 Å². The Kier molecular flexibility index (Phi) is 5.74. The quantitative estimate of drug-likeness (QED) is 0.630. The van der Waals surface area contributed by atoms with Crippen molar-refractivity contribution in [3.63, 3.8) is 0 Å². The minimum atomic E-state index is 0.455. The van der Waals surface area contributed by atoms with E-state index in [1.54, 1.807) is 13.2 Å². The maximum atomic E-state index is 6.18. The first kappa shape index (κ1) is 15.7. The van der Waals surface area contributed by atoms with Crippen molar-refractivity contribution in [1.29, 1.82) is 0 Å². The van der Waals surface area contributed by atoms with Crippen molar-refractivity contribution in [3.05, 3.63) is 16.1 Å². The van der Waals surface area contributed by atoms with Gasteiger partial charge in [0.15, 0.2) is 5.11 Å². The lowest BCUT2D eigenvalue weighted by atomic mass is 10.2. The SMILES string of the molecule is COCCCNC(=S)Nc1c(Cl)cc(Cl)c2c1N=S=N2. The summed E-state index contributed by atoms with van der Waals surface area (Å²) in [7, 11) is 1.66. The molecule has 20 heavy (non-hydrogen) atoms. The normalized spacial score (nSPS) is 11.9. The summed E-state index contributed by atoms with van der Waals surface area (Å²) in [5.74, 6) is 0. The highest BCUT2D eigenvalue weighted by atomic mass is 35.5. The van der Waals surface area contributed by atoms with Crippen LogP contribution >= 0.6 is 35.4 Å². The molecule has 0 aliphatic carbocycles. The van der Waals surface area contributed by atoms with Gasteiger partial charge < -0.3 is 15.4 Å². The molecule has 0 saturated heterocycles. The number of anilines is 1. The Morgan fingerprint density at radius 3 is 2.85 bits per heavy atom. The zero-order valence-electron chi connectivity index (χ0n) is 10.6. The van der Waals surface area contributed by atoms with E-state index in [1.807, 2.05) is 0 Å². The second-order valence-corrected chi connectivity index (χ2v) is 5.66. The van der Waals surface area contributed by atoms with E-state index in [0.29, 0.717) is 45.4 Å². The minimum absolute atomic E-state index is 0.455. The Bertz CT molecular complexity index is 603. The van der Waals surface area contributed by atoms with E-state index in [1.165, 1.54) is 0 Å². The molecule has 0 fully saturated rings. The highest BCUT2D eigenvalue weighted by Crippen LogP contribution is 2.47. The molecule has 5 nitrogen and oxygen atoms in total. The van der Waals surface area contributed by atoms with Crippen molar-refractivity contribution in [3.8, 4) is 0 Å². The van der Waals surface area contributed by atoms with E-state index < -0.39 is 0 Å². The van der Waals surface area contributed by atoms with Gasteiger partial charge in [0.2, 0.25) is 0 Å². The molecule has 1 aromatic carbocycles. The summed E-state index contributed by atoms with van der Waals surface area (Å²) in [6.45, 7) is 1.39. The molecule has 0 atom stereocenters. The molecule has 0 unspecified atom stereocenters. The number of hydrogen-bond donors (Lipinski definition) is 2. The van der Waals surface area contributed by atoms with Gasteiger partial charge in [0.25, 0.3) is 0 Å². The molecule has 1 heterocycles. The molecular weight excluding hydrogens is 339 g/mol. The molecule has 1 aliphatic heterocycles. The number of nitrogens with zero attached hydrogens (tertiary/aromatic N) is 2. The Morgan fingerprint density at radius 1 is 1.35 bits per heavy atom. The average Bonchev–Trinajstić information content (AvgIpc) is 2.89. The fourth-order valence-electron chi connectivity index (χ4n) is 1.57. The summed E-state index contributed by atoms with van der Waals surface area (Å²) in [4.78, 5) is 0. The van der Waals surface area contributed by atoms with Gasteiger partial charge in [0, 0.05) is 20.3 Å². The predicted molar refractivity (Wildman–Crippen MR) is 88.7 cm³/mol. The van der Waals surface area contributed by atoms with E-state index in [9.17, 15) is 0 Å². The van der Waals surface area contributed by atoms with Crippen LogP contribution in [0.3, 0.4) is 0 Å². The van der Waals surface area contributed by atoms with Crippen LogP contribution < -0.4 is 10.6 Å². The number of halogens is 2. The first-order chi connectivity index (χ1) is 9.63. The van der Waals surface area contributed by atoms with Gasteiger partial charge in [-0.3, -0.25) is 0 Å². The topological polar surface area (TPSA) is 58.0 Å². The highest BCUT2D eigenvalue weighted by Gasteiger charge is 2.19. The number of ether oxygens (including phenoxy) is 1. The van der Waals surface area contributed by atoms with Crippen LogP contribution in [0.4, 0.5) is 17.1 Å². The van der Waals surface area contributed by atoms with Gasteiger partial charge in [-0.05, 0) is 24.7 Å². The molecule has 1 aromatic rings. The molecule has 0 aromatic heterocycles. The van der Waals surface area contributed by atoms with E-state index in [-0.39, 0.29) is 0 Å². The van der Waals surface area contributed by atoms with Crippen molar-refractivity contribution >= 4 is 68.9 Å². The second kappa shape index (κ2) is 7.33. The van der Waals surface area contributed by atoms with Crippen molar-refractivity contribution in [1.82, 2.24) is 5.32 Å². The number of nitrogens with one attached hydrogen (secondary N) is 2. The van der Waals surface area contributed by atoms with Gasteiger partial charge in [-0.15, -0.1) is 0 Å². The minimum Gasteiger partial charge on any atom is -0.385 e. The third-order valence-corrected chi connectivity index (χ3v) is 3.85. The largest absolute Gasteiger partial charge is 0.385 e. The summed E-state index contributed by atoms with van der Waals surface area (Å²) >= 11 is 18.5. The van der Waals surface area contributed by atoms with Gasteiger partial charge in [0.1, 0.15) is 11.4 Å². The Labute approximate surface area is 135 Å². The van der Waals surface area contributed by atoms with Crippen molar-refractivity contribution in [2.24, 2.45) is 8.73 Å². The van der Waals surface area contributed by atoms with Gasteiger partial charge in [-0.1, -0.05) is 23.2 Å². The summed E-state index contributed by atoms with van der Waals surface area (Å²) in [6, 6.07) is 1.63. The lowest BCUT2D eigenvalue weighted by Crippen LogP contribution is -2.29. The first-order valence-corrected chi connectivity index (χ1v) is 7.67. The number of benzene rings is 1. The molecule has 0 saturated carbocycles. The Hall–Kier alpha value is -0.730. The number of hydrogen-bond acceptors (Lipinski definition) is 4. The van der Waals surface area contributed by atoms with Crippen LogP contribution in [0.5, 0.6) is 0 Å². The molecule has 0 amide bonds. The number of methoxy groups -OCH3 is 1. The second-order valence-electron chi connectivity index (χ2n) is 3.90. The van der Waals surface area contributed by atoms with Crippen LogP contribution in [0.15, 0.2) is 14.8 Å². The Morgan fingerprint density at radius 2 is 2.10 bits per heavy atom. The maximum Gasteiger partial charge on any atom is 0.170 e. The van der Waals surface area contributed by atoms with E-state index >= 15 is 0 Å². The zero-order valence-corrected chi connectivity index (χ0v) is 13.7. The van der Waals surface area contributed by atoms with Gasteiger partial charge in [0.05, 0.1) is 27.1 Å². The molecule has 2 N–H and O–H groups in total. The van der Waals surface area contributed by atoms with Crippen molar-refractivity contribution in [2.45, 2.75) is 6.42 Å². The standard InChI is InChI=1S/C11H12Cl2N4OS2/c1-18-4-2-3-14-11(19)15-8-6(12)5-7(13)9-10(8)17-20-16-9/h5H,2-4H2,1H3,(H2,14,15,19). The molecule has 2 rings (SSSR count). The van der Waals surface area contributed by atoms with Crippen LogP contribution in [-0.4, -0.2) is 25.4 Å². The van der Waals surface area contributed by atoms with E-state index in [0.717, 1.165) is 17.8 Å². The van der Waals surface area contributed by atoms with Crippen LogP contribution in [0.25, 0.3) is 0 Å². The van der Waals surface area contributed by atoms with Crippen molar-refractivity contribution < 1.29 is 4.74 Å². The zero-order chi connectivity index (χ0) is 14.5. The third kappa shape index (κ3) is 3.67. The third-order valence-electron chi connectivity index (χ3n) is 2.49.